The molecule has 1 N–H and O–H groups in total. The monoisotopic (exact) mass is 419 g/mol. The topological polar surface area (TPSA) is 97.7 Å². The number of hydrogen-bond acceptors (Lipinski definition) is 6. The summed E-state index contributed by atoms with van der Waals surface area (Å²) in [5.41, 5.74) is 3.41. The Balaban J connectivity index is 1.58. The van der Waals surface area contributed by atoms with Gasteiger partial charge >= 0.3 is 0 Å². The number of nitrogens with one attached hydrogen (secondary N) is 1. The van der Waals surface area contributed by atoms with E-state index in [0.717, 1.165) is 11.3 Å². The lowest BCUT2D eigenvalue weighted by Crippen LogP contribution is -2.19. The second kappa shape index (κ2) is 8.00. The Morgan fingerprint density at radius 2 is 1.90 bits per heavy atom. The van der Waals surface area contributed by atoms with Gasteiger partial charge in [0.15, 0.2) is 5.17 Å². The first-order valence-electron chi connectivity index (χ1n) is 9.11. The van der Waals surface area contributed by atoms with E-state index in [1.807, 2.05) is 32.0 Å². The van der Waals surface area contributed by atoms with Gasteiger partial charge in [0.2, 0.25) is 0 Å². The number of aliphatic imine (C=N–C) groups is 1. The number of nitro groups is 1. The summed E-state index contributed by atoms with van der Waals surface area (Å²) in [4.78, 5) is 28.0. The fraction of sp³-hybridized carbons (Fsp3) is 0.0909. The lowest BCUT2D eigenvalue weighted by atomic mass is 10.1. The van der Waals surface area contributed by atoms with Crippen molar-refractivity contribution < 1.29 is 14.1 Å². The molecule has 0 aliphatic carbocycles. The van der Waals surface area contributed by atoms with Crippen molar-refractivity contribution >= 4 is 40.3 Å². The number of hydrogen-bond donors (Lipinski definition) is 1. The van der Waals surface area contributed by atoms with Gasteiger partial charge in [0.25, 0.3) is 11.6 Å². The maximum Gasteiger partial charge on any atom is 0.280 e. The molecule has 8 heteroatoms. The molecular weight excluding hydrogens is 402 g/mol. The number of thioether (sulfide) groups is 1. The first kappa shape index (κ1) is 19.7. The number of carbonyl (C=O) groups excluding carboxylic acids is 1. The van der Waals surface area contributed by atoms with Crippen LogP contribution in [0.4, 0.5) is 11.4 Å². The average molecular weight is 419 g/mol. The molecule has 3 aromatic rings. The number of para-hydroxylation sites is 1. The van der Waals surface area contributed by atoms with E-state index >= 15 is 0 Å². The van der Waals surface area contributed by atoms with Crippen LogP contribution in [0.5, 0.6) is 0 Å². The molecule has 2 aromatic carbocycles. The van der Waals surface area contributed by atoms with Crippen molar-refractivity contribution in [2.24, 2.45) is 4.99 Å². The summed E-state index contributed by atoms with van der Waals surface area (Å²) >= 11 is 1.21. The maximum atomic E-state index is 12.3. The number of nitrogens with zero attached hydrogens (tertiary/aromatic N) is 2. The number of nitro benzene ring substituents is 1. The van der Waals surface area contributed by atoms with Crippen molar-refractivity contribution in [3.8, 4) is 11.3 Å². The normalized spacial score (nSPS) is 16.3. The van der Waals surface area contributed by atoms with Gasteiger partial charge in [-0.2, -0.15) is 0 Å². The molecule has 0 unspecified atom stereocenters. The van der Waals surface area contributed by atoms with Gasteiger partial charge < -0.3 is 9.73 Å². The van der Waals surface area contributed by atoms with Crippen LogP contribution in [-0.2, 0) is 4.79 Å². The van der Waals surface area contributed by atoms with Crippen molar-refractivity contribution in [2.75, 3.05) is 0 Å². The third kappa shape index (κ3) is 4.04. The summed E-state index contributed by atoms with van der Waals surface area (Å²) in [6, 6.07) is 15.5. The Morgan fingerprint density at radius 1 is 1.10 bits per heavy atom. The van der Waals surface area contributed by atoms with Gasteiger partial charge in [-0.3, -0.25) is 14.9 Å². The van der Waals surface area contributed by atoms with Crippen LogP contribution in [0.3, 0.4) is 0 Å². The van der Waals surface area contributed by atoms with Gasteiger partial charge in [-0.15, -0.1) is 0 Å². The smallest absolute Gasteiger partial charge is 0.280 e. The number of amides is 1. The summed E-state index contributed by atoms with van der Waals surface area (Å²) in [5, 5.41) is 14.5. The van der Waals surface area contributed by atoms with Gasteiger partial charge in [-0.1, -0.05) is 18.2 Å². The van der Waals surface area contributed by atoms with E-state index in [2.05, 4.69) is 10.3 Å². The van der Waals surface area contributed by atoms with Crippen LogP contribution >= 0.6 is 11.8 Å². The zero-order valence-electron chi connectivity index (χ0n) is 16.2. The third-order valence-corrected chi connectivity index (χ3v) is 5.55. The maximum absolute atomic E-state index is 12.3. The molecule has 1 aromatic heterocycles. The van der Waals surface area contributed by atoms with Crippen molar-refractivity contribution in [3.05, 3.63) is 86.5 Å². The van der Waals surface area contributed by atoms with Gasteiger partial charge in [0, 0.05) is 12.1 Å². The summed E-state index contributed by atoms with van der Waals surface area (Å²) in [5.74, 6) is 0.515. The highest BCUT2D eigenvalue weighted by molar-refractivity contribution is 8.18. The number of rotatable bonds is 4. The number of carbonyl (C=O) groups is 1. The Morgan fingerprint density at radius 3 is 2.67 bits per heavy atom. The number of amidine groups is 1. The molecule has 1 aliphatic heterocycles. The van der Waals surface area contributed by atoms with Crippen LogP contribution in [0.1, 0.15) is 16.9 Å². The van der Waals surface area contributed by atoms with Gasteiger partial charge in [0.1, 0.15) is 11.5 Å². The molecule has 0 atom stereocenters. The fourth-order valence-corrected chi connectivity index (χ4v) is 3.76. The van der Waals surface area contributed by atoms with E-state index in [-0.39, 0.29) is 11.6 Å². The second-order valence-electron chi connectivity index (χ2n) is 6.73. The standard InChI is InChI=1S/C22H17N3O4S/c1-13-7-8-15(11-14(13)2)23-22-24-21(26)20(30-22)12-16-9-10-19(29-16)17-5-3-4-6-18(17)25(27)28/h3-12H,1-2H3,(H,23,24,26)/b20-12+. The molecule has 4 rings (SSSR count). The largest absolute Gasteiger partial charge is 0.456 e. The molecule has 0 radical (unpaired) electrons. The van der Waals surface area contributed by atoms with Crippen LogP contribution in [0, 0.1) is 24.0 Å². The zero-order chi connectivity index (χ0) is 21.3. The summed E-state index contributed by atoms with van der Waals surface area (Å²) < 4.78 is 5.74. The van der Waals surface area contributed by atoms with Gasteiger partial charge in [-0.05, 0) is 67.1 Å². The minimum absolute atomic E-state index is 0.0400. The van der Waals surface area contributed by atoms with E-state index in [1.54, 1.807) is 36.4 Å². The van der Waals surface area contributed by atoms with Crippen LogP contribution in [0.15, 0.2) is 68.9 Å². The fourth-order valence-electron chi connectivity index (χ4n) is 2.94. The van der Waals surface area contributed by atoms with Gasteiger partial charge in [0.05, 0.1) is 21.1 Å². The SMILES string of the molecule is Cc1ccc(N=C2NC(=O)/C(=C\c3ccc(-c4ccccc4[N+](=O)[O-])o3)S2)cc1C. The number of benzene rings is 2. The van der Waals surface area contributed by atoms with E-state index in [0.29, 0.717) is 27.2 Å². The Bertz CT molecular complexity index is 1230. The summed E-state index contributed by atoms with van der Waals surface area (Å²) in [7, 11) is 0. The first-order chi connectivity index (χ1) is 14.4. The van der Waals surface area contributed by atoms with Crippen molar-refractivity contribution in [3.63, 3.8) is 0 Å². The number of furan rings is 1. The quantitative estimate of drug-likeness (QED) is 0.349. The van der Waals surface area contributed by atoms with E-state index in [9.17, 15) is 14.9 Å². The highest BCUT2D eigenvalue weighted by Crippen LogP contribution is 2.33. The molecule has 1 saturated heterocycles. The lowest BCUT2D eigenvalue weighted by Gasteiger charge is -2.01. The van der Waals surface area contributed by atoms with E-state index < -0.39 is 4.92 Å². The molecule has 0 saturated carbocycles. The van der Waals surface area contributed by atoms with Crippen LogP contribution in [0.2, 0.25) is 0 Å². The molecule has 150 valence electrons. The molecule has 7 nitrogen and oxygen atoms in total. The highest BCUT2D eigenvalue weighted by Gasteiger charge is 2.25. The van der Waals surface area contributed by atoms with Gasteiger partial charge in [-0.25, -0.2) is 4.99 Å². The molecule has 2 heterocycles. The second-order valence-corrected chi connectivity index (χ2v) is 7.76. The Labute approximate surface area is 176 Å². The minimum Gasteiger partial charge on any atom is -0.456 e. The zero-order valence-corrected chi connectivity index (χ0v) is 17.0. The third-order valence-electron chi connectivity index (χ3n) is 4.64. The van der Waals surface area contributed by atoms with Crippen LogP contribution < -0.4 is 5.32 Å². The Hall–Kier alpha value is -3.65. The lowest BCUT2D eigenvalue weighted by molar-refractivity contribution is -0.384. The average Bonchev–Trinajstić information content (AvgIpc) is 3.31. The molecule has 0 bridgehead atoms. The van der Waals surface area contributed by atoms with Crippen molar-refractivity contribution in [1.29, 1.82) is 0 Å². The Kier molecular flexibility index (Phi) is 5.24. The number of aryl methyl sites for hydroxylation is 2. The van der Waals surface area contributed by atoms with E-state index in [1.165, 1.54) is 23.4 Å². The molecule has 1 amide bonds. The molecule has 1 fully saturated rings. The summed E-state index contributed by atoms with van der Waals surface area (Å²) in [6.07, 6.45) is 1.60. The van der Waals surface area contributed by atoms with Crippen molar-refractivity contribution in [1.82, 2.24) is 5.32 Å². The summed E-state index contributed by atoms with van der Waals surface area (Å²) in [6.45, 7) is 4.04. The minimum atomic E-state index is -0.453. The molecule has 1 aliphatic rings. The van der Waals surface area contributed by atoms with Crippen LogP contribution in [-0.4, -0.2) is 16.0 Å². The molecule has 30 heavy (non-hydrogen) atoms. The van der Waals surface area contributed by atoms with Crippen molar-refractivity contribution in [2.45, 2.75) is 13.8 Å². The van der Waals surface area contributed by atoms with Crippen LogP contribution in [0.25, 0.3) is 17.4 Å². The highest BCUT2D eigenvalue weighted by atomic mass is 32.2. The first-order valence-corrected chi connectivity index (χ1v) is 9.93. The van der Waals surface area contributed by atoms with E-state index in [4.69, 9.17) is 4.42 Å². The molecule has 0 spiro atoms. The predicted molar refractivity (Wildman–Crippen MR) is 118 cm³/mol. The molecular formula is C22H17N3O4S. The predicted octanol–water partition coefficient (Wildman–Crippen LogP) is 5.36.